The summed E-state index contributed by atoms with van der Waals surface area (Å²) in [7, 11) is 0. The van der Waals surface area contributed by atoms with Crippen LogP contribution in [0.1, 0.15) is 33.1 Å². The van der Waals surface area contributed by atoms with Gasteiger partial charge in [-0.15, -0.1) is 24.0 Å². The molecule has 0 bridgehead atoms. The Hall–Kier alpha value is -1.56. The molecule has 170 valence electrons. The summed E-state index contributed by atoms with van der Waals surface area (Å²) < 4.78 is 39.8. The predicted molar refractivity (Wildman–Crippen MR) is 124 cm³/mol. The molecule has 1 aliphatic rings. The number of rotatable bonds is 8. The van der Waals surface area contributed by atoms with Crippen molar-refractivity contribution in [3.05, 3.63) is 29.6 Å². The first kappa shape index (κ1) is 26.5. The number of anilines is 1. The monoisotopic (exact) mass is 541 g/mol. The lowest BCUT2D eigenvalue weighted by Crippen LogP contribution is -2.40. The van der Waals surface area contributed by atoms with Gasteiger partial charge in [-0.25, -0.2) is 18.2 Å². The molecule has 10 heteroatoms. The summed E-state index contributed by atoms with van der Waals surface area (Å²) in [5.41, 5.74) is -0.419. The van der Waals surface area contributed by atoms with E-state index in [4.69, 9.17) is 0 Å². The fourth-order valence-corrected chi connectivity index (χ4v) is 3.10. The fraction of sp³-hybridized carbons (Fsp3) is 0.600. The van der Waals surface area contributed by atoms with E-state index in [0.29, 0.717) is 19.0 Å². The summed E-state index contributed by atoms with van der Waals surface area (Å²) in [6, 6.07) is 1.73. The third kappa shape index (κ3) is 8.66. The van der Waals surface area contributed by atoms with Crippen molar-refractivity contribution in [2.24, 2.45) is 10.9 Å². The van der Waals surface area contributed by atoms with Crippen LogP contribution in [0.15, 0.2) is 17.1 Å². The molecule has 2 rings (SSSR count). The summed E-state index contributed by atoms with van der Waals surface area (Å²) in [4.78, 5) is 18.6. The molecule has 1 aromatic rings. The van der Waals surface area contributed by atoms with E-state index in [1.807, 2.05) is 6.92 Å². The van der Waals surface area contributed by atoms with Gasteiger partial charge in [0.05, 0.1) is 5.69 Å². The highest BCUT2D eigenvalue weighted by atomic mass is 127. The minimum atomic E-state index is -1.62. The number of nitrogens with zero attached hydrogens (tertiary/aromatic N) is 2. The molecule has 0 atom stereocenters. The molecule has 0 aliphatic carbocycles. The van der Waals surface area contributed by atoms with E-state index < -0.39 is 29.0 Å². The number of benzene rings is 1. The zero-order chi connectivity index (χ0) is 21.2. The molecule has 0 aromatic heterocycles. The standard InChI is InChI=1S/C20H30F3N5O.HI/c1-3-24-20(25-9-4-10-28-11-7-14(2)8-12-28)26-13-17(29)27-16-6-5-15(21)18(22)19(16)23;/h5-6,14H,3-4,7-13H2,1-2H3,(H,27,29)(H2,24,25,26);1H. The summed E-state index contributed by atoms with van der Waals surface area (Å²) in [6.45, 7) is 8.52. The Bertz CT molecular complexity index is 712. The average molecular weight is 541 g/mol. The van der Waals surface area contributed by atoms with E-state index in [9.17, 15) is 18.0 Å². The molecule has 1 fully saturated rings. The molecule has 0 radical (unpaired) electrons. The molecule has 0 unspecified atom stereocenters. The number of carbonyl (C=O) groups is 1. The number of hydrogen-bond donors (Lipinski definition) is 3. The lowest BCUT2D eigenvalue weighted by atomic mass is 9.99. The molecule has 1 amide bonds. The number of likely N-dealkylation sites (tertiary alicyclic amines) is 1. The van der Waals surface area contributed by atoms with E-state index in [2.05, 4.69) is 32.8 Å². The average Bonchev–Trinajstić information content (AvgIpc) is 2.71. The fourth-order valence-electron chi connectivity index (χ4n) is 3.10. The van der Waals surface area contributed by atoms with Crippen LogP contribution in [0.25, 0.3) is 0 Å². The van der Waals surface area contributed by atoms with Crippen LogP contribution in [0.5, 0.6) is 0 Å². The maximum Gasteiger partial charge on any atom is 0.246 e. The van der Waals surface area contributed by atoms with Crippen molar-refractivity contribution in [1.29, 1.82) is 0 Å². The maximum absolute atomic E-state index is 13.6. The van der Waals surface area contributed by atoms with Gasteiger partial charge in [0.15, 0.2) is 23.4 Å². The largest absolute Gasteiger partial charge is 0.357 e. The highest BCUT2D eigenvalue weighted by molar-refractivity contribution is 14.0. The van der Waals surface area contributed by atoms with Crippen molar-refractivity contribution in [3.63, 3.8) is 0 Å². The first-order chi connectivity index (χ1) is 13.9. The van der Waals surface area contributed by atoms with Gasteiger partial charge in [0.1, 0.15) is 6.54 Å². The second-order valence-corrected chi connectivity index (χ2v) is 7.27. The van der Waals surface area contributed by atoms with Crippen LogP contribution in [0, 0.1) is 23.4 Å². The minimum Gasteiger partial charge on any atom is -0.357 e. The Kier molecular flexibility index (Phi) is 12.1. The molecule has 0 saturated carbocycles. The van der Waals surface area contributed by atoms with E-state index in [1.165, 1.54) is 12.8 Å². The van der Waals surface area contributed by atoms with E-state index >= 15 is 0 Å². The van der Waals surface area contributed by atoms with Gasteiger partial charge in [-0.2, -0.15) is 0 Å². The molecule has 1 saturated heterocycles. The van der Waals surface area contributed by atoms with Crippen LogP contribution in [0.2, 0.25) is 0 Å². The highest BCUT2D eigenvalue weighted by Crippen LogP contribution is 2.19. The lowest BCUT2D eigenvalue weighted by Gasteiger charge is -2.30. The molecule has 1 aliphatic heterocycles. The normalized spacial score (nSPS) is 15.4. The Morgan fingerprint density at radius 2 is 1.87 bits per heavy atom. The third-order valence-electron chi connectivity index (χ3n) is 4.85. The van der Waals surface area contributed by atoms with Gasteiger partial charge in [0, 0.05) is 13.1 Å². The smallest absolute Gasteiger partial charge is 0.246 e. The lowest BCUT2D eigenvalue weighted by molar-refractivity contribution is -0.114. The van der Waals surface area contributed by atoms with Crippen LogP contribution in [-0.4, -0.2) is 56.0 Å². The number of guanidine groups is 1. The van der Waals surface area contributed by atoms with E-state index in [0.717, 1.165) is 44.1 Å². The van der Waals surface area contributed by atoms with E-state index in [1.54, 1.807) is 0 Å². The molecular weight excluding hydrogens is 510 g/mol. The van der Waals surface area contributed by atoms with Gasteiger partial charge >= 0.3 is 0 Å². The van der Waals surface area contributed by atoms with Crippen LogP contribution in [-0.2, 0) is 4.79 Å². The number of hydrogen-bond acceptors (Lipinski definition) is 3. The number of piperidine rings is 1. The Balaban J connectivity index is 0.00000450. The van der Waals surface area contributed by atoms with Gasteiger partial charge in [-0.1, -0.05) is 6.92 Å². The van der Waals surface area contributed by atoms with Gasteiger partial charge in [-0.05, 0) is 63.9 Å². The first-order valence-electron chi connectivity index (χ1n) is 10.1. The van der Waals surface area contributed by atoms with Crippen molar-refractivity contribution in [1.82, 2.24) is 15.5 Å². The predicted octanol–water partition coefficient (Wildman–Crippen LogP) is 3.34. The van der Waals surface area contributed by atoms with Gasteiger partial charge in [0.25, 0.3) is 0 Å². The van der Waals surface area contributed by atoms with Gasteiger partial charge in [-0.3, -0.25) is 4.79 Å². The Labute approximate surface area is 193 Å². The van der Waals surface area contributed by atoms with Crippen LogP contribution in [0.3, 0.4) is 0 Å². The second-order valence-electron chi connectivity index (χ2n) is 7.27. The quantitative estimate of drug-likeness (QED) is 0.155. The summed E-state index contributed by atoms with van der Waals surface area (Å²) in [5, 5.41) is 8.40. The minimum absolute atomic E-state index is 0. The molecule has 30 heavy (non-hydrogen) atoms. The summed E-state index contributed by atoms with van der Waals surface area (Å²) >= 11 is 0. The molecule has 6 nitrogen and oxygen atoms in total. The van der Waals surface area contributed by atoms with Crippen molar-refractivity contribution < 1.29 is 18.0 Å². The number of carbonyl (C=O) groups excluding carboxylic acids is 1. The topological polar surface area (TPSA) is 68.8 Å². The summed E-state index contributed by atoms with van der Waals surface area (Å²) in [5.74, 6) is -3.71. The summed E-state index contributed by atoms with van der Waals surface area (Å²) in [6.07, 6.45) is 3.43. The Morgan fingerprint density at radius 3 is 2.53 bits per heavy atom. The SMILES string of the molecule is CCNC(=NCC(=O)Nc1ccc(F)c(F)c1F)NCCCN1CCC(C)CC1.I. The number of nitrogens with one attached hydrogen (secondary N) is 3. The van der Waals surface area contributed by atoms with Gasteiger partial charge < -0.3 is 20.9 Å². The van der Waals surface area contributed by atoms with Crippen molar-refractivity contribution in [2.45, 2.75) is 33.1 Å². The molecular formula is C20H31F3IN5O. The van der Waals surface area contributed by atoms with Crippen LogP contribution >= 0.6 is 24.0 Å². The van der Waals surface area contributed by atoms with Crippen LogP contribution < -0.4 is 16.0 Å². The molecule has 1 heterocycles. The Morgan fingerprint density at radius 1 is 1.17 bits per heavy atom. The number of halogens is 4. The first-order valence-corrected chi connectivity index (χ1v) is 10.1. The van der Waals surface area contributed by atoms with Crippen molar-refractivity contribution in [3.8, 4) is 0 Å². The van der Waals surface area contributed by atoms with Crippen molar-refractivity contribution >= 4 is 41.5 Å². The van der Waals surface area contributed by atoms with Crippen molar-refractivity contribution in [2.75, 3.05) is 44.6 Å². The van der Waals surface area contributed by atoms with E-state index in [-0.39, 0.29) is 30.5 Å². The molecule has 0 spiro atoms. The number of aliphatic imine (C=N–C) groups is 1. The second kappa shape index (κ2) is 13.7. The zero-order valence-electron chi connectivity index (χ0n) is 17.4. The third-order valence-corrected chi connectivity index (χ3v) is 4.85. The maximum atomic E-state index is 13.6. The zero-order valence-corrected chi connectivity index (χ0v) is 19.8. The van der Waals surface area contributed by atoms with Gasteiger partial charge in [0.2, 0.25) is 5.91 Å². The van der Waals surface area contributed by atoms with Crippen LogP contribution in [0.4, 0.5) is 18.9 Å². The highest BCUT2D eigenvalue weighted by Gasteiger charge is 2.16. The molecule has 3 N–H and O–H groups in total. The molecule has 1 aromatic carbocycles. The number of amides is 1.